The maximum absolute atomic E-state index is 12.3. The molecule has 0 saturated heterocycles. The first-order valence-electron chi connectivity index (χ1n) is 7.42. The highest BCUT2D eigenvalue weighted by molar-refractivity contribution is 7.94. The Bertz CT molecular complexity index is 999. The van der Waals surface area contributed by atoms with E-state index in [1.807, 2.05) is 26.0 Å². The van der Waals surface area contributed by atoms with Crippen molar-refractivity contribution in [3.05, 3.63) is 64.1 Å². The second kappa shape index (κ2) is 7.03. The Morgan fingerprint density at radius 1 is 1.08 bits per heavy atom. The molecule has 3 rings (SSSR count). The van der Waals surface area contributed by atoms with Gasteiger partial charge in [-0.2, -0.15) is 0 Å². The second-order valence-electron chi connectivity index (χ2n) is 5.54. The molecule has 25 heavy (non-hydrogen) atoms. The number of nitrogens with zero attached hydrogens (tertiary/aromatic N) is 1. The summed E-state index contributed by atoms with van der Waals surface area (Å²) in [5, 5.41) is 3.27. The van der Waals surface area contributed by atoms with Crippen molar-refractivity contribution in [1.29, 1.82) is 0 Å². The topological polar surface area (TPSA) is 71.1 Å². The molecular formula is C17H16ClN3O2S2. The molecule has 0 atom stereocenters. The third-order valence-electron chi connectivity index (χ3n) is 3.48. The molecule has 3 aromatic rings. The SMILES string of the molecule is Cc1ccc(Nc2ccc(NS(=O)(=O)c3ccc(Cl)s3)nc2)c(C)c1. The van der Waals surface area contributed by atoms with Crippen LogP contribution in [0.4, 0.5) is 17.2 Å². The number of halogens is 1. The molecule has 0 radical (unpaired) electrons. The van der Waals surface area contributed by atoms with Gasteiger partial charge in [0, 0.05) is 5.69 Å². The highest BCUT2D eigenvalue weighted by Gasteiger charge is 2.17. The van der Waals surface area contributed by atoms with Crippen LogP contribution in [0.25, 0.3) is 0 Å². The van der Waals surface area contributed by atoms with Crippen LogP contribution in [0.15, 0.2) is 52.9 Å². The number of hydrogen-bond donors (Lipinski definition) is 2. The quantitative estimate of drug-likeness (QED) is 0.642. The second-order valence-corrected chi connectivity index (χ2v) is 9.16. The van der Waals surface area contributed by atoms with Crippen molar-refractivity contribution in [3.63, 3.8) is 0 Å². The summed E-state index contributed by atoms with van der Waals surface area (Å²) >= 11 is 6.79. The highest BCUT2D eigenvalue weighted by Crippen LogP contribution is 2.27. The molecule has 2 aromatic heterocycles. The molecule has 0 aliphatic carbocycles. The van der Waals surface area contributed by atoms with E-state index in [0.717, 1.165) is 28.3 Å². The zero-order valence-corrected chi connectivity index (χ0v) is 16.0. The van der Waals surface area contributed by atoms with Crippen LogP contribution in [0.1, 0.15) is 11.1 Å². The van der Waals surface area contributed by atoms with Crippen LogP contribution in [0.3, 0.4) is 0 Å². The van der Waals surface area contributed by atoms with Crippen molar-refractivity contribution < 1.29 is 8.42 Å². The molecular weight excluding hydrogens is 378 g/mol. The number of sulfonamides is 1. The number of pyridine rings is 1. The summed E-state index contributed by atoms with van der Waals surface area (Å²) in [6.45, 7) is 4.07. The molecule has 2 heterocycles. The minimum atomic E-state index is -3.67. The lowest BCUT2D eigenvalue weighted by molar-refractivity contribution is 0.603. The van der Waals surface area contributed by atoms with Crippen LogP contribution in [0.2, 0.25) is 4.34 Å². The standard InChI is InChI=1S/C17H16ClN3O2S2/c1-11-3-5-14(12(2)9-11)20-13-4-7-16(19-10-13)21-25(22,23)17-8-6-15(18)24-17/h3-10,20H,1-2H3,(H,19,21). The minimum absolute atomic E-state index is 0.150. The van der Waals surface area contributed by atoms with Gasteiger partial charge in [-0.3, -0.25) is 4.72 Å². The van der Waals surface area contributed by atoms with Gasteiger partial charge < -0.3 is 5.32 Å². The van der Waals surface area contributed by atoms with Crippen LogP contribution in [-0.4, -0.2) is 13.4 Å². The number of rotatable bonds is 5. The van der Waals surface area contributed by atoms with E-state index in [4.69, 9.17) is 11.6 Å². The number of aromatic nitrogens is 1. The molecule has 0 saturated carbocycles. The molecule has 0 bridgehead atoms. The fourth-order valence-corrected chi connectivity index (χ4v) is 4.76. The summed E-state index contributed by atoms with van der Waals surface area (Å²) in [5.74, 6) is 0.246. The molecule has 0 spiro atoms. The summed E-state index contributed by atoms with van der Waals surface area (Å²) in [7, 11) is -3.67. The molecule has 5 nitrogen and oxygen atoms in total. The molecule has 1 aromatic carbocycles. The van der Waals surface area contributed by atoms with Gasteiger partial charge in [-0.15, -0.1) is 11.3 Å². The van der Waals surface area contributed by atoms with Gasteiger partial charge in [-0.05, 0) is 49.7 Å². The van der Waals surface area contributed by atoms with Crippen molar-refractivity contribution in [2.24, 2.45) is 0 Å². The maximum atomic E-state index is 12.3. The van der Waals surface area contributed by atoms with E-state index < -0.39 is 10.0 Å². The van der Waals surface area contributed by atoms with Crippen molar-refractivity contribution >= 4 is 50.2 Å². The van der Waals surface area contributed by atoms with Crippen molar-refractivity contribution in [3.8, 4) is 0 Å². The van der Waals surface area contributed by atoms with Gasteiger partial charge >= 0.3 is 0 Å². The summed E-state index contributed by atoms with van der Waals surface area (Å²) in [6.07, 6.45) is 1.58. The summed E-state index contributed by atoms with van der Waals surface area (Å²) in [5.41, 5.74) is 4.07. The number of hydrogen-bond acceptors (Lipinski definition) is 5. The van der Waals surface area contributed by atoms with E-state index in [1.54, 1.807) is 24.4 Å². The molecule has 0 aliphatic rings. The van der Waals surface area contributed by atoms with Gasteiger partial charge in [0.25, 0.3) is 10.0 Å². The van der Waals surface area contributed by atoms with E-state index in [9.17, 15) is 8.42 Å². The third-order valence-corrected chi connectivity index (χ3v) is 6.55. The summed E-state index contributed by atoms with van der Waals surface area (Å²) < 4.78 is 27.5. The average molecular weight is 394 g/mol. The van der Waals surface area contributed by atoms with Crippen LogP contribution < -0.4 is 10.0 Å². The Kier molecular flexibility index (Phi) is 4.99. The van der Waals surface area contributed by atoms with Crippen LogP contribution in [0, 0.1) is 13.8 Å². The predicted molar refractivity (Wildman–Crippen MR) is 104 cm³/mol. The van der Waals surface area contributed by atoms with Gasteiger partial charge in [-0.1, -0.05) is 29.3 Å². The van der Waals surface area contributed by atoms with Gasteiger partial charge in [0.1, 0.15) is 10.0 Å². The molecule has 0 amide bonds. The largest absolute Gasteiger partial charge is 0.354 e. The van der Waals surface area contributed by atoms with Crippen LogP contribution >= 0.6 is 22.9 Å². The molecule has 130 valence electrons. The monoisotopic (exact) mass is 393 g/mol. The number of benzene rings is 1. The minimum Gasteiger partial charge on any atom is -0.354 e. The number of nitrogens with one attached hydrogen (secondary N) is 2. The Morgan fingerprint density at radius 2 is 1.88 bits per heavy atom. The van der Waals surface area contributed by atoms with E-state index in [2.05, 4.69) is 21.1 Å². The lowest BCUT2D eigenvalue weighted by atomic mass is 10.1. The highest BCUT2D eigenvalue weighted by atomic mass is 35.5. The molecule has 0 unspecified atom stereocenters. The fraction of sp³-hybridized carbons (Fsp3) is 0.118. The Labute approximate surface area is 155 Å². The zero-order chi connectivity index (χ0) is 18.0. The van der Waals surface area contributed by atoms with Crippen LogP contribution in [0.5, 0.6) is 0 Å². The first-order chi connectivity index (χ1) is 11.8. The predicted octanol–water partition coefficient (Wildman–Crippen LogP) is 4.96. The summed E-state index contributed by atoms with van der Waals surface area (Å²) in [4.78, 5) is 4.16. The first-order valence-corrected chi connectivity index (χ1v) is 10.1. The Hall–Kier alpha value is -2.09. The average Bonchev–Trinajstić information content (AvgIpc) is 2.99. The lowest BCUT2D eigenvalue weighted by Gasteiger charge is -2.11. The summed E-state index contributed by atoms with van der Waals surface area (Å²) in [6, 6.07) is 12.5. The van der Waals surface area contributed by atoms with E-state index in [-0.39, 0.29) is 10.0 Å². The third kappa shape index (κ3) is 4.31. The molecule has 0 fully saturated rings. The molecule has 2 N–H and O–H groups in total. The van der Waals surface area contributed by atoms with Gasteiger partial charge in [-0.25, -0.2) is 13.4 Å². The van der Waals surface area contributed by atoms with Crippen molar-refractivity contribution in [2.75, 3.05) is 10.0 Å². The van der Waals surface area contributed by atoms with Crippen molar-refractivity contribution in [1.82, 2.24) is 4.98 Å². The number of anilines is 3. The lowest BCUT2D eigenvalue weighted by Crippen LogP contribution is -2.12. The van der Waals surface area contributed by atoms with Gasteiger partial charge in [0.05, 0.1) is 16.2 Å². The van der Waals surface area contributed by atoms with E-state index >= 15 is 0 Å². The number of thiophene rings is 1. The van der Waals surface area contributed by atoms with Gasteiger partial charge in [0.15, 0.2) is 0 Å². The fourth-order valence-electron chi connectivity index (χ4n) is 2.27. The normalized spacial score (nSPS) is 11.3. The smallest absolute Gasteiger partial charge is 0.272 e. The van der Waals surface area contributed by atoms with Crippen molar-refractivity contribution in [2.45, 2.75) is 18.1 Å². The van der Waals surface area contributed by atoms with Crippen LogP contribution in [-0.2, 0) is 10.0 Å². The van der Waals surface area contributed by atoms with E-state index in [0.29, 0.717) is 4.34 Å². The molecule has 8 heteroatoms. The Morgan fingerprint density at radius 3 is 2.48 bits per heavy atom. The van der Waals surface area contributed by atoms with Gasteiger partial charge in [0.2, 0.25) is 0 Å². The van der Waals surface area contributed by atoms with E-state index in [1.165, 1.54) is 11.6 Å². The maximum Gasteiger partial charge on any atom is 0.272 e. The molecule has 0 aliphatic heterocycles. The first kappa shape index (κ1) is 17.7. The Balaban J connectivity index is 1.74. The zero-order valence-electron chi connectivity index (χ0n) is 13.6. The number of aryl methyl sites for hydroxylation is 2.